The van der Waals surface area contributed by atoms with Crippen LogP contribution in [0.3, 0.4) is 0 Å². The first kappa shape index (κ1) is 25.8. The van der Waals surface area contributed by atoms with E-state index in [1.54, 1.807) is 47.3 Å². The maximum absolute atomic E-state index is 12.8. The van der Waals surface area contributed by atoms with Gasteiger partial charge >= 0.3 is 0 Å². The minimum Gasteiger partial charge on any atom is -0.379 e. The Bertz CT molecular complexity index is 1400. The van der Waals surface area contributed by atoms with Crippen molar-refractivity contribution in [1.82, 2.24) is 20.0 Å². The van der Waals surface area contributed by atoms with E-state index in [1.165, 1.54) is 0 Å². The summed E-state index contributed by atoms with van der Waals surface area (Å²) in [6.07, 6.45) is 2.63. The van der Waals surface area contributed by atoms with Crippen LogP contribution in [0.15, 0.2) is 60.8 Å². The van der Waals surface area contributed by atoms with Crippen LogP contribution in [0, 0.1) is 0 Å². The Balaban J connectivity index is 1.30. The number of morpholine rings is 1. The molecule has 1 aromatic heterocycles. The molecule has 1 fully saturated rings. The number of hydrogen-bond acceptors (Lipinski definition) is 5. The molecule has 10 heteroatoms. The average Bonchev–Trinajstić information content (AvgIpc) is 3.33. The highest BCUT2D eigenvalue weighted by atomic mass is 35.5. The summed E-state index contributed by atoms with van der Waals surface area (Å²) >= 11 is 19.1. The van der Waals surface area contributed by atoms with Crippen molar-refractivity contribution in [3.63, 3.8) is 0 Å². The second-order valence-corrected chi connectivity index (χ2v) is 10.0. The Hall–Kier alpha value is -2.81. The molecule has 0 atom stereocenters. The summed E-state index contributed by atoms with van der Waals surface area (Å²) in [7, 11) is 0. The third-order valence-electron chi connectivity index (χ3n) is 6.28. The predicted molar refractivity (Wildman–Crippen MR) is 150 cm³/mol. The highest BCUT2D eigenvalue weighted by molar-refractivity contribution is 6.39. The molecule has 1 aliphatic heterocycles. The smallest absolute Gasteiger partial charge is 0.251 e. The summed E-state index contributed by atoms with van der Waals surface area (Å²) in [5.74, 6) is -0.139. The van der Waals surface area contributed by atoms with Gasteiger partial charge in [0, 0.05) is 36.3 Å². The van der Waals surface area contributed by atoms with Crippen LogP contribution in [0.4, 0.5) is 11.4 Å². The number of rotatable bonds is 8. The summed E-state index contributed by atoms with van der Waals surface area (Å²) in [6.45, 7) is 4.97. The molecule has 2 heterocycles. The summed E-state index contributed by atoms with van der Waals surface area (Å²) in [6, 6.07) is 16.4. The van der Waals surface area contributed by atoms with Crippen LogP contribution in [0.1, 0.15) is 16.8 Å². The summed E-state index contributed by atoms with van der Waals surface area (Å²) < 4.78 is 7.11. The Labute approximate surface area is 230 Å². The third-order valence-corrected chi connectivity index (χ3v) is 7.23. The summed E-state index contributed by atoms with van der Waals surface area (Å²) in [4.78, 5) is 15.2. The molecule has 0 radical (unpaired) electrons. The number of anilines is 2. The van der Waals surface area contributed by atoms with Crippen molar-refractivity contribution >= 4 is 63.0 Å². The Morgan fingerprint density at radius 2 is 1.76 bits per heavy atom. The number of benzene rings is 3. The van der Waals surface area contributed by atoms with Crippen LogP contribution >= 0.6 is 34.8 Å². The van der Waals surface area contributed by atoms with Gasteiger partial charge in [0.2, 0.25) is 0 Å². The van der Waals surface area contributed by atoms with Crippen LogP contribution in [-0.2, 0) is 4.74 Å². The first-order valence-corrected chi connectivity index (χ1v) is 13.2. The number of nitrogens with one attached hydrogen (secondary N) is 2. The van der Waals surface area contributed by atoms with Gasteiger partial charge < -0.3 is 15.4 Å². The molecule has 0 saturated carbocycles. The first-order chi connectivity index (χ1) is 18.0. The van der Waals surface area contributed by atoms with Crippen molar-refractivity contribution in [2.75, 3.05) is 44.7 Å². The van der Waals surface area contributed by atoms with Crippen molar-refractivity contribution in [3.8, 4) is 5.69 Å². The number of para-hydroxylation sites is 1. The topological polar surface area (TPSA) is 71.4 Å². The minimum atomic E-state index is -0.139. The van der Waals surface area contributed by atoms with Crippen molar-refractivity contribution in [1.29, 1.82) is 0 Å². The van der Waals surface area contributed by atoms with Crippen LogP contribution in [0.2, 0.25) is 15.1 Å². The van der Waals surface area contributed by atoms with Crippen molar-refractivity contribution in [2.24, 2.45) is 0 Å². The van der Waals surface area contributed by atoms with Crippen LogP contribution < -0.4 is 10.6 Å². The fraction of sp³-hybridized carbons (Fsp3) is 0.259. The van der Waals surface area contributed by atoms with Gasteiger partial charge in [-0.2, -0.15) is 5.10 Å². The molecular formula is C27H26Cl3N5O2. The molecule has 5 rings (SSSR count). The number of amides is 1. The summed E-state index contributed by atoms with van der Waals surface area (Å²) in [5.41, 5.74) is 3.47. The number of carbonyl (C=O) groups is 1. The highest BCUT2D eigenvalue weighted by Gasteiger charge is 2.15. The molecule has 0 aliphatic carbocycles. The molecule has 1 saturated heterocycles. The highest BCUT2D eigenvalue weighted by Crippen LogP contribution is 2.34. The Kier molecular flexibility index (Phi) is 8.17. The van der Waals surface area contributed by atoms with E-state index in [2.05, 4.69) is 20.6 Å². The molecule has 0 spiro atoms. The normalized spacial score (nSPS) is 14.1. The number of ether oxygens (including phenoxy) is 1. The molecule has 3 aromatic carbocycles. The molecule has 192 valence electrons. The van der Waals surface area contributed by atoms with E-state index in [-0.39, 0.29) is 5.91 Å². The predicted octanol–water partition coefficient (Wildman–Crippen LogP) is 6.18. The van der Waals surface area contributed by atoms with Gasteiger partial charge in [-0.15, -0.1) is 0 Å². The number of fused-ring (bicyclic) bond motifs is 1. The SMILES string of the molecule is O=C(NCCCN1CCOCC1)c1ccc(Cl)c(-n2ncc3cc(Nc4c(Cl)cccc4Cl)ccc32)c1. The van der Waals surface area contributed by atoms with E-state index in [1.807, 2.05) is 18.2 Å². The number of hydrogen-bond donors (Lipinski definition) is 2. The van der Waals surface area contributed by atoms with Crippen LogP contribution in [0.25, 0.3) is 16.6 Å². The van der Waals surface area contributed by atoms with Gasteiger partial charge in [-0.25, -0.2) is 4.68 Å². The molecule has 1 aliphatic rings. The van der Waals surface area contributed by atoms with E-state index < -0.39 is 0 Å². The van der Waals surface area contributed by atoms with Gasteiger partial charge in [-0.1, -0.05) is 40.9 Å². The quantitative estimate of drug-likeness (QED) is 0.253. The van der Waals surface area contributed by atoms with Crippen LogP contribution in [-0.4, -0.2) is 60.0 Å². The number of carbonyl (C=O) groups excluding carboxylic acids is 1. The van der Waals surface area contributed by atoms with Gasteiger partial charge in [-0.3, -0.25) is 9.69 Å². The van der Waals surface area contributed by atoms with Crippen molar-refractivity contribution in [2.45, 2.75) is 6.42 Å². The second kappa shape index (κ2) is 11.7. The van der Waals surface area contributed by atoms with E-state index in [0.717, 1.165) is 55.9 Å². The monoisotopic (exact) mass is 557 g/mol. The van der Waals surface area contributed by atoms with Crippen molar-refractivity contribution in [3.05, 3.63) is 81.4 Å². The van der Waals surface area contributed by atoms with E-state index in [9.17, 15) is 4.79 Å². The fourth-order valence-electron chi connectivity index (χ4n) is 4.31. The van der Waals surface area contributed by atoms with Gasteiger partial charge in [0.1, 0.15) is 0 Å². The second-order valence-electron chi connectivity index (χ2n) is 8.78. The lowest BCUT2D eigenvalue weighted by Gasteiger charge is -2.26. The molecule has 2 N–H and O–H groups in total. The molecule has 1 amide bonds. The Morgan fingerprint density at radius 1 is 0.973 bits per heavy atom. The number of aromatic nitrogens is 2. The lowest BCUT2D eigenvalue weighted by molar-refractivity contribution is 0.0374. The Morgan fingerprint density at radius 3 is 2.54 bits per heavy atom. The zero-order chi connectivity index (χ0) is 25.8. The molecular weight excluding hydrogens is 533 g/mol. The van der Waals surface area contributed by atoms with Gasteiger partial charge in [0.05, 0.1) is 51.4 Å². The standard InChI is InChI=1S/C27H26Cl3N5O2/c28-21-7-5-18(27(36)31-9-2-10-34-11-13-37-14-12-34)16-25(21)35-24-8-6-20(15-19(24)17-32-35)33-26-22(29)3-1-4-23(26)30/h1,3-8,15-17,33H,2,9-14H2,(H,31,36). The van der Waals surface area contributed by atoms with E-state index in [0.29, 0.717) is 38.6 Å². The van der Waals surface area contributed by atoms with Gasteiger partial charge in [0.25, 0.3) is 5.91 Å². The minimum absolute atomic E-state index is 0.139. The zero-order valence-corrected chi connectivity index (χ0v) is 22.3. The van der Waals surface area contributed by atoms with E-state index >= 15 is 0 Å². The zero-order valence-electron chi connectivity index (χ0n) is 20.0. The third kappa shape index (κ3) is 6.03. The maximum Gasteiger partial charge on any atom is 0.251 e. The summed E-state index contributed by atoms with van der Waals surface area (Å²) in [5, 5.41) is 13.3. The molecule has 7 nitrogen and oxygen atoms in total. The molecule has 0 unspecified atom stereocenters. The number of halogens is 3. The van der Waals surface area contributed by atoms with Gasteiger partial charge in [-0.05, 0) is 61.5 Å². The fourth-order valence-corrected chi connectivity index (χ4v) is 5.00. The lowest BCUT2D eigenvalue weighted by atomic mass is 10.1. The largest absolute Gasteiger partial charge is 0.379 e. The lowest BCUT2D eigenvalue weighted by Crippen LogP contribution is -2.38. The maximum atomic E-state index is 12.8. The molecule has 4 aromatic rings. The first-order valence-electron chi connectivity index (χ1n) is 12.1. The van der Waals surface area contributed by atoms with Crippen molar-refractivity contribution < 1.29 is 9.53 Å². The van der Waals surface area contributed by atoms with Crippen LogP contribution in [0.5, 0.6) is 0 Å². The average molecular weight is 559 g/mol. The molecule has 37 heavy (non-hydrogen) atoms. The number of nitrogens with zero attached hydrogens (tertiary/aromatic N) is 3. The molecule has 0 bridgehead atoms. The van der Waals surface area contributed by atoms with E-state index in [4.69, 9.17) is 39.5 Å². The van der Waals surface area contributed by atoms with Gasteiger partial charge in [0.15, 0.2) is 0 Å².